The Hall–Kier alpha value is -1.51. The van der Waals surface area contributed by atoms with Gasteiger partial charge in [-0.05, 0) is 24.6 Å². The van der Waals surface area contributed by atoms with Gasteiger partial charge in [0.2, 0.25) is 5.88 Å². The van der Waals surface area contributed by atoms with Gasteiger partial charge in [-0.3, -0.25) is 0 Å². The minimum Gasteiger partial charge on any atom is -0.493 e. The van der Waals surface area contributed by atoms with Crippen molar-refractivity contribution in [2.24, 2.45) is 0 Å². The zero-order valence-electron chi connectivity index (χ0n) is 8.41. The van der Waals surface area contributed by atoms with Crippen LogP contribution in [-0.4, -0.2) is 18.7 Å². The van der Waals surface area contributed by atoms with Crippen molar-refractivity contribution in [3.8, 4) is 5.88 Å². The van der Waals surface area contributed by atoms with E-state index in [-0.39, 0.29) is 0 Å². The molecule has 0 aliphatic carbocycles. The van der Waals surface area contributed by atoms with Gasteiger partial charge >= 0.3 is 0 Å². The van der Waals surface area contributed by atoms with Crippen molar-refractivity contribution in [2.45, 2.75) is 13.3 Å². The SMILES string of the molecule is CC=C1OCCc2ccnc(OC)c21. The highest BCUT2D eigenvalue weighted by Gasteiger charge is 2.19. The summed E-state index contributed by atoms with van der Waals surface area (Å²) in [7, 11) is 1.63. The van der Waals surface area contributed by atoms with Crippen molar-refractivity contribution in [3.63, 3.8) is 0 Å². The first kappa shape index (κ1) is 9.06. The van der Waals surface area contributed by atoms with E-state index in [0.29, 0.717) is 5.88 Å². The molecule has 1 aromatic heterocycles. The topological polar surface area (TPSA) is 31.4 Å². The number of methoxy groups -OCH3 is 1. The Labute approximate surface area is 83.4 Å². The number of ether oxygens (including phenoxy) is 2. The van der Waals surface area contributed by atoms with Gasteiger partial charge < -0.3 is 9.47 Å². The first-order valence-electron chi connectivity index (χ1n) is 4.68. The molecule has 3 heteroatoms. The number of rotatable bonds is 1. The van der Waals surface area contributed by atoms with Crippen molar-refractivity contribution in [1.29, 1.82) is 0 Å². The van der Waals surface area contributed by atoms with Gasteiger partial charge in [-0.1, -0.05) is 0 Å². The molecule has 0 fully saturated rings. The second kappa shape index (κ2) is 3.70. The van der Waals surface area contributed by atoms with E-state index in [2.05, 4.69) is 4.98 Å². The summed E-state index contributed by atoms with van der Waals surface area (Å²) in [6.45, 7) is 2.69. The summed E-state index contributed by atoms with van der Waals surface area (Å²) < 4.78 is 10.7. The Bertz CT molecular complexity index is 357. The molecule has 0 saturated heterocycles. The molecule has 0 unspecified atom stereocenters. The Kier molecular flexibility index (Phi) is 2.39. The van der Waals surface area contributed by atoms with Crippen LogP contribution in [0.5, 0.6) is 5.88 Å². The van der Waals surface area contributed by atoms with Crippen molar-refractivity contribution in [1.82, 2.24) is 4.98 Å². The molecule has 0 amide bonds. The lowest BCUT2D eigenvalue weighted by atomic mass is 10.0. The Morgan fingerprint density at radius 1 is 1.57 bits per heavy atom. The van der Waals surface area contributed by atoms with Crippen molar-refractivity contribution >= 4 is 5.76 Å². The average Bonchev–Trinajstić information content (AvgIpc) is 2.27. The molecular formula is C11H13NO2. The molecule has 0 N–H and O–H groups in total. The van der Waals surface area contributed by atoms with E-state index in [0.717, 1.165) is 24.4 Å². The molecule has 74 valence electrons. The van der Waals surface area contributed by atoms with Gasteiger partial charge in [0.05, 0.1) is 19.3 Å². The van der Waals surface area contributed by atoms with Crippen molar-refractivity contribution in [3.05, 3.63) is 29.5 Å². The third kappa shape index (κ3) is 1.35. The lowest BCUT2D eigenvalue weighted by Crippen LogP contribution is -2.11. The van der Waals surface area contributed by atoms with Crippen LogP contribution in [-0.2, 0) is 11.2 Å². The summed E-state index contributed by atoms with van der Waals surface area (Å²) in [5.74, 6) is 1.52. The molecule has 1 aliphatic heterocycles. The van der Waals surface area contributed by atoms with Crippen LogP contribution >= 0.6 is 0 Å². The minimum absolute atomic E-state index is 0.648. The van der Waals surface area contributed by atoms with Crippen LogP contribution in [0.3, 0.4) is 0 Å². The fraction of sp³-hybridized carbons (Fsp3) is 0.364. The van der Waals surface area contributed by atoms with Gasteiger partial charge in [0.25, 0.3) is 0 Å². The fourth-order valence-corrected chi connectivity index (χ4v) is 1.68. The largest absolute Gasteiger partial charge is 0.493 e. The van der Waals surface area contributed by atoms with Crippen LogP contribution in [0.4, 0.5) is 0 Å². The van der Waals surface area contributed by atoms with Gasteiger partial charge in [0.1, 0.15) is 5.76 Å². The number of pyridine rings is 1. The van der Waals surface area contributed by atoms with Gasteiger partial charge in [-0.25, -0.2) is 4.98 Å². The highest BCUT2D eigenvalue weighted by Crippen LogP contribution is 2.31. The summed E-state index contributed by atoms with van der Waals surface area (Å²) in [5.41, 5.74) is 2.25. The zero-order valence-corrected chi connectivity index (χ0v) is 8.41. The van der Waals surface area contributed by atoms with E-state index in [9.17, 15) is 0 Å². The molecule has 0 saturated carbocycles. The summed E-state index contributed by atoms with van der Waals surface area (Å²) in [4.78, 5) is 4.17. The van der Waals surface area contributed by atoms with Crippen LogP contribution < -0.4 is 4.74 Å². The van der Waals surface area contributed by atoms with E-state index in [1.807, 2.05) is 19.1 Å². The van der Waals surface area contributed by atoms with Crippen LogP contribution in [0, 0.1) is 0 Å². The normalized spacial score (nSPS) is 17.4. The Balaban J connectivity index is 2.58. The molecule has 3 nitrogen and oxygen atoms in total. The van der Waals surface area contributed by atoms with Crippen molar-refractivity contribution in [2.75, 3.05) is 13.7 Å². The smallest absolute Gasteiger partial charge is 0.224 e. The second-order valence-electron chi connectivity index (χ2n) is 3.11. The maximum absolute atomic E-state index is 5.54. The molecular weight excluding hydrogens is 178 g/mol. The molecule has 1 aromatic rings. The van der Waals surface area contributed by atoms with E-state index >= 15 is 0 Å². The summed E-state index contributed by atoms with van der Waals surface area (Å²) in [6, 6.07) is 2.02. The maximum Gasteiger partial charge on any atom is 0.224 e. The molecule has 0 aromatic carbocycles. The van der Waals surface area contributed by atoms with E-state index < -0.39 is 0 Å². The van der Waals surface area contributed by atoms with E-state index in [4.69, 9.17) is 9.47 Å². The van der Waals surface area contributed by atoms with Gasteiger partial charge in [0, 0.05) is 12.6 Å². The van der Waals surface area contributed by atoms with Crippen molar-refractivity contribution < 1.29 is 9.47 Å². The van der Waals surface area contributed by atoms with Gasteiger partial charge in [-0.15, -0.1) is 0 Å². The third-order valence-corrected chi connectivity index (χ3v) is 2.33. The number of allylic oxidation sites excluding steroid dienone is 1. The summed E-state index contributed by atoms with van der Waals surface area (Å²) in [6.07, 6.45) is 4.64. The molecule has 0 bridgehead atoms. The number of hydrogen-bond acceptors (Lipinski definition) is 3. The second-order valence-corrected chi connectivity index (χ2v) is 3.11. The van der Waals surface area contributed by atoms with Gasteiger partial charge in [0.15, 0.2) is 0 Å². The summed E-state index contributed by atoms with van der Waals surface area (Å²) >= 11 is 0. The van der Waals surface area contributed by atoms with E-state index in [1.54, 1.807) is 13.3 Å². The molecule has 14 heavy (non-hydrogen) atoms. The van der Waals surface area contributed by atoms with Crippen LogP contribution in [0.1, 0.15) is 18.1 Å². The fourth-order valence-electron chi connectivity index (χ4n) is 1.68. The molecule has 2 heterocycles. The summed E-state index contributed by atoms with van der Waals surface area (Å²) in [5, 5.41) is 0. The highest BCUT2D eigenvalue weighted by atomic mass is 16.5. The quantitative estimate of drug-likeness (QED) is 0.680. The zero-order chi connectivity index (χ0) is 9.97. The predicted octanol–water partition coefficient (Wildman–Crippen LogP) is 2.02. The molecule has 2 rings (SSSR count). The lowest BCUT2D eigenvalue weighted by molar-refractivity contribution is 0.265. The number of aromatic nitrogens is 1. The van der Waals surface area contributed by atoms with E-state index in [1.165, 1.54) is 5.56 Å². The minimum atomic E-state index is 0.648. The van der Waals surface area contributed by atoms with Gasteiger partial charge in [-0.2, -0.15) is 0 Å². The Morgan fingerprint density at radius 3 is 3.14 bits per heavy atom. The monoisotopic (exact) mass is 191 g/mol. The maximum atomic E-state index is 5.54. The van der Waals surface area contributed by atoms with Crippen LogP contribution in [0.2, 0.25) is 0 Å². The number of fused-ring (bicyclic) bond motifs is 1. The van der Waals surface area contributed by atoms with Crippen LogP contribution in [0.15, 0.2) is 18.3 Å². The molecule has 0 radical (unpaired) electrons. The molecule has 0 atom stereocenters. The van der Waals surface area contributed by atoms with Crippen LogP contribution in [0.25, 0.3) is 5.76 Å². The first-order valence-corrected chi connectivity index (χ1v) is 4.68. The average molecular weight is 191 g/mol. The Morgan fingerprint density at radius 2 is 2.43 bits per heavy atom. The standard InChI is InChI=1S/C11H13NO2/c1-3-9-10-8(5-7-14-9)4-6-12-11(10)13-2/h3-4,6H,5,7H2,1-2H3. The highest BCUT2D eigenvalue weighted by molar-refractivity contribution is 5.68. The molecule has 1 aliphatic rings. The number of hydrogen-bond donors (Lipinski definition) is 0. The first-order chi connectivity index (χ1) is 6.86. The number of nitrogens with zero attached hydrogens (tertiary/aromatic N) is 1. The predicted molar refractivity (Wildman–Crippen MR) is 54.1 cm³/mol. The molecule has 0 spiro atoms. The lowest BCUT2D eigenvalue weighted by Gasteiger charge is -2.21. The third-order valence-electron chi connectivity index (χ3n) is 2.33.